The van der Waals surface area contributed by atoms with E-state index in [9.17, 15) is 9.59 Å². The summed E-state index contributed by atoms with van der Waals surface area (Å²) in [4.78, 5) is 26.8. The minimum absolute atomic E-state index is 0.0255. The molecule has 0 aromatic carbocycles. The second-order valence-electron chi connectivity index (χ2n) is 4.46. The molecule has 86 valence electrons. The highest BCUT2D eigenvalue weighted by Crippen LogP contribution is 2.20. The van der Waals surface area contributed by atoms with E-state index in [1.807, 2.05) is 6.07 Å². The van der Waals surface area contributed by atoms with Crippen LogP contribution < -0.4 is 5.73 Å². The van der Waals surface area contributed by atoms with E-state index in [4.69, 9.17) is 5.73 Å². The van der Waals surface area contributed by atoms with Gasteiger partial charge in [0.05, 0.1) is 5.41 Å². The van der Waals surface area contributed by atoms with Crippen LogP contribution in [-0.4, -0.2) is 16.7 Å². The first kappa shape index (κ1) is 12.4. The van der Waals surface area contributed by atoms with Crippen LogP contribution in [0.15, 0.2) is 24.4 Å². The van der Waals surface area contributed by atoms with Crippen LogP contribution >= 0.6 is 0 Å². The molecule has 0 aliphatic carbocycles. The first-order chi connectivity index (χ1) is 7.42. The summed E-state index contributed by atoms with van der Waals surface area (Å²) < 4.78 is 0. The number of aromatic nitrogens is 1. The van der Waals surface area contributed by atoms with Crippen molar-refractivity contribution in [2.24, 2.45) is 11.1 Å². The molecule has 1 heterocycles. The predicted molar refractivity (Wildman–Crippen MR) is 60.5 cm³/mol. The number of primary amides is 1. The summed E-state index contributed by atoms with van der Waals surface area (Å²) in [5, 5.41) is 0. The average Bonchev–Trinajstić information content (AvgIpc) is 2.17. The molecule has 2 N–H and O–H groups in total. The Kier molecular flexibility index (Phi) is 3.77. The van der Waals surface area contributed by atoms with Gasteiger partial charge in [-0.2, -0.15) is 0 Å². The molecule has 1 amide bonds. The summed E-state index contributed by atoms with van der Waals surface area (Å²) in [6, 6.07) is 5.41. The Bertz CT molecular complexity index is 385. The highest BCUT2D eigenvalue weighted by atomic mass is 16.1. The number of carbonyl (C=O) groups is 2. The van der Waals surface area contributed by atoms with Crippen LogP contribution in [0.1, 0.15) is 26.0 Å². The molecule has 4 heteroatoms. The standard InChI is InChI=1S/C12H16N2O2/c1-12(2,11(13)16)8-10(15)7-9-5-3-4-6-14-9/h3-6H,7-8H2,1-2H3,(H2,13,16). The van der Waals surface area contributed by atoms with E-state index < -0.39 is 11.3 Å². The number of pyridine rings is 1. The third kappa shape index (κ3) is 3.46. The largest absolute Gasteiger partial charge is 0.369 e. The molecule has 0 spiro atoms. The smallest absolute Gasteiger partial charge is 0.223 e. The van der Waals surface area contributed by atoms with Crippen molar-refractivity contribution in [1.29, 1.82) is 0 Å². The number of nitrogens with zero attached hydrogens (tertiary/aromatic N) is 1. The van der Waals surface area contributed by atoms with Gasteiger partial charge in [-0.3, -0.25) is 14.6 Å². The van der Waals surface area contributed by atoms with Crippen molar-refractivity contribution in [3.63, 3.8) is 0 Å². The van der Waals surface area contributed by atoms with Gasteiger partial charge in [0.15, 0.2) is 0 Å². The molecule has 0 unspecified atom stereocenters. The fraction of sp³-hybridized carbons (Fsp3) is 0.417. The van der Waals surface area contributed by atoms with E-state index in [0.717, 1.165) is 0 Å². The van der Waals surface area contributed by atoms with Crippen LogP contribution in [0.5, 0.6) is 0 Å². The molecule has 0 saturated heterocycles. The topological polar surface area (TPSA) is 73.1 Å². The fourth-order valence-electron chi connectivity index (χ4n) is 1.35. The number of hydrogen-bond donors (Lipinski definition) is 1. The van der Waals surface area contributed by atoms with Crippen LogP contribution in [0, 0.1) is 5.41 Å². The molecule has 1 rings (SSSR count). The molecule has 0 atom stereocenters. The third-order valence-corrected chi connectivity index (χ3v) is 2.41. The highest BCUT2D eigenvalue weighted by Gasteiger charge is 2.27. The SMILES string of the molecule is CC(C)(CC(=O)Cc1ccccn1)C(N)=O. The maximum atomic E-state index is 11.7. The van der Waals surface area contributed by atoms with Gasteiger partial charge < -0.3 is 5.73 Å². The second-order valence-corrected chi connectivity index (χ2v) is 4.46. The maximum Gasteiger partial charge on any atom is 0.223 e. The molecular formula is C12H16N2O2. The predicted octanol–water partition coefficient (Wildman–Crippen LogP) is 1.09. The monoisotopic (exact) mass is 220 g/mol. The van der Waals surface area contributed by atoms with E-state index in [1.54, 1.807) is 32.2 Å². The minimum Gasteiger partial charge on any atom is -0.369 e. The molecule has 16 heavy (non-hydrogen) atoms. The molecule has 4 nitrogen and oxygen atoms in total. The van der Waals surface area contributed by atoms with Crippen molar-refractivity contribution in [2.45, 2.75) is 26.7 Å². The quantitative estimate of drug-likeness (QED) is 0.807. The van der Waals surface area contributed by atoms with Crippen LogP contribution in [0.2, 0.25) is 0 Å². The number of nitrogens with two attached hydrogens (primary N) is 1. The van der Waals surface area contributed by atoms with Crippen molar-refractivity contribution < 1.29 is 9.59 Å². The summed E-state index contributed by atoms with van der Waals surface area (Å²) in [7, 11) is 0. The van der Waals surface area contributed by atoms with E-state index >= 15 is 0 Å². The number of rotatable bonds is 5. The van der Waals surface area contributed by atoms with Crippen LogP contribution in [0.25, 0.3) is 0 Å². The maximum absolute atomic E-state index is 11.7. The summed E-state index contributed by atoms with van der Waals surface area (Å²) >= 11 is 0. The van der Waals surface area contributed by atoms with Gasteiger partial charge in [-0.25, -0.2) is 0 Å². The Balaban J connectivity index is 2.58. The fourth-order valence-corrected chi connectivity index (χ4v) is 1.35. The summed E-state index contributed by atoms with van der Waals surface area (Å²) in [6.07, 6.45) is 2.04. The first-order valence-electron chi connectivity index (χ1n) is 5.13. The molecule has 0 fully saturated rings. The van der Waals surface area contributed by atoms with Gasteiger partial charge in [-0.1, -0.05) is 19.9 Å². The first-order valence-corrected chi connectivity index (χ1v) is 5.13. The summed E-state index contributed by atoms with van der Waals surface area (Å²) in [6.45, 7) is 3.34. The van der Waals surface area contributed by atoms with Crippen molar-refractivity contribution in [3.05, 3.63) is 30.1 Å². The van der Waals surface area contributed by atoms with Gasteiger partial charge in [-0.05, 0) is 12.1 Å². The number of hydrogen-bond acceptors (Lipinski definition) is 3. The van der Waals surface area contributed by atoms with Gasteiger partial charge in [-0.15, -0.1) is 0 Å². The Morgan fingerprint density at radius 2 is 2.06 bits per heavy atom. The molecule has 0 aliphatic rings. The van der Waals surface area contributed by atoms with E-state index in [-0.39, 0.29) is 18.6 Å². The van der Waals surface area contributed by atoms with Crippen molar-refractivity contribution in [1.82, 2.24) is 4.98 Å². The van der Waals surface area contributed by atoms with Crippen molar-refractivity contribution >= 4 is 11.7 Å². The molecule has 0 radical (unpaired) electrons. The van der Waals surface area contributed by atoms with Gasteiger partial charge >= 0.3 is 0 Å². The van der Waals surface area contributed by atoms with E-state index in [1.165, 1.54) is 0 Å². The van der Waals surface area contributed by atoms with E-state index in [0.29, 0.717) is 5.69 Å². The zero-order chi connectivity index (χ0) is 12.2. The van der Waals surface area contributed by atoms with Crippen LogP contribution in [0.3, 0.4) is 0 Å². The minimum atomic E-state index is -0.786. The lowest BCUT2D eigenvalue weighted by molar-refractivity contribution is -0.131. The lowest BCUT2D eigenvalue weighted by atomic mass is 9.85. The Labute approximate surface area is 94.9 Å². The number of amides is 1. The average molecular weight is 220 g/mol. The van der Waals surface area contributed by atoms with Gasteiger partial charge in [0.1, 0.15) is 5.78 Å². The Morgan fingerprint density at radius 1 is 1.38 bits per heavy atom. The Hall–Kier alpha value is -1.71. The molecule has 0 saturated carbocycles. The second kappa shape index (κ2) is 4.88. The number of Topliss-reactive ketones (excluding diaryl/α,β-unsaturated/α-hetero) is 1. The molecule has 0 bridgehead atoms. The lowest BCUT2D eigenvalue weighted by Crippen LogP contribution is -2.34. The zero-order valence-electron chi connectivity index (χ0n) is 9.56. The number of carbonyl (C=O) groups excluding carboxylic acids is 2. The highest BCUT2D eigenvalue weighted by molar-refractivity contribution is 5.89. The Morgan fingerprint density at radius 3 is 2.56 bits per heavy atom. The normalized spacial score (nSPS) is 11.1. The van der Waals surface area contributed by atoms with Gasteiger partial charge in [0.25, 0.3) is 0 Å². The van der Waals surface area contributed by atoms with Gasteiger partial charge in [0, 0.05) is 24.7 Å². The summed E-state index contributed by atoms with van der Waals surface area (Å²) in [5.41, 5.74) is 5.13. The number of ketones is 1. The lowest BCUT2D eigenvalue weighted by Gasteiger charge is -2.18. The molecule has 0 aliphatic heterocycles. The van der Waals surface area contributed by atoms with Crippen LogP contribution in [-0.2, 0) is 16.0 Å². The van der Waals surface area contributed by atoms with Crippen molar-refractivity contribution in [2.75, 3.05) is 0 Å². The van der Waals surface area contributed by atoms with Crippen LogP contribution in [0.4, 0.5) is 0 Å². The summed E-state index contributed by atoms with van der Waals surface area (Å²) in [5.74, 6) is -0.482. The van der Waals surface area contributed by atoms with E-state index in [2.05, 4.69) is 4.98 Å². The zero-order valence-corrected chi connectivity index (χ0v) is 9.56. The molecule has 1 aromatic rings. The molecule has 1 aromatic heterocycles. The third-order valence-electron chi connectivity index (χ3n) is 2.41. The molecular weight excluding hydrogens is 204 g/mol. The van der Waals surface area contributed by atoms with Crippen molar-refractivity contribution in [3.8, 4) is 0 Å². The van der Waals surface area contributed by atoms with Gasteiger partial charge in [0.2, 0.25) is 5.91 Å².